The van der Waals surface area contributed by atoms with E-state index < -0.39 is 24.1 Å². The summed E-state index contributed by atoms with van der Waals surface area (Å²) >= 11 is 0. The molecule has 2 heterocycles. The molecule has 34 heavy (non-hydrogen) atoms. The first-order valence-corrected chi connectivity index (χ1v) is 9.58. The van der Waals surface area contributed by atoms with Crippen molar-refractivity contribution < 1.29 is 35.9 Å². The van der Waals surface area contributed by atoms with Gasteiger partial charge in [-0.15, -0.1) is 13.2 Å². The van der Waals surface area contributed by atoms with Gasteiger partial charge in [0.25, 0.3) is 5.91 Å². The van der Waals surface area contributed by atoms with Crippen LogP contribution in [0, 0.1) is 0 Å². The molecule has 1 amide bonds. The number of aryl methyl sites for hydroxylation is 1. The van der Waals surface area contributed by atoms with Gasteiger partial charge >= 0.3 is 12.5 Å². The molecule has 2 aromatic heterocycles. The van der Waals surface area contributed by atoms with E-state index in [1.807, 2.05) is 0 Å². The summed E-state index contributed by atoms with van der Waals surface area (Å²) < 4.78 is 81.6. The molecule has 0 aliphatic carbocycles. The Morgan fingerprint density at radius 3 is 2.41 bits per heavy atom. The number of para-hydroxylation sites is 1. The largest absolute Gasteiger partial charge is 0.573 e. The second kappa shape index (κ2) is 8.36. The van der Waals surface area contributed by atoms with Crippen LogP contribution in [0.2, 0.25) is 0 Å². The van der Waals surface area contributed by atoms with Crippen LogP contribution in [-0.4, -0.2) is 27.0 Å². The molecular formula is C22H14F6N4O2. The fourth-order valence-corrected chi connectivity index (χ4v) is 3.24. The maximum Gasteiger partial charge on any atom is 0.573 e. The number of rotatable bonds is 4. The van der Waals surface area contributed by atoms with Crippen molar-refractivity contribution in [3.63, 3.8) is 0 Å². The highest BCUT2D eigenvalue weighted by atomic mass is 19.4. The van der Waals surface area contributed by atoms with E-state index in [2.05, 4.69) is 20.1 Å². The molecule has 0 aliphatic heterocycles. The van der Waals surface area contributed by atoms with Gasteiger partial charge in [0, 0.05) is 41.4 Å². The second-order valence-electron chi connectivity index (χ2n) is 7.17. The number of ether oxygens (including phenoxy) is 1. The Morgan fingerprint density at radius 1 is 1.00 bits per heavy atom. The molecule has 0 unspecified atom stereocenters. The van der Waals surface area contributed by atoms with Crippen LogP contribution in [0.15, 0.2) is 60.8 Å². The molecule has 6 nitrogen and oxygen atoms in total. The molecule has 0 saturated carbocycles. The van der Waals surface area contributed by atoms with E-state index in [1.54, 1.807) is 12.1 Å². The average molecular weight is 480 g/mol. The van der Waals surface area contributed by atoms with Gasteiger partial charge in [0.2, 0.25) is 0 Å². The quantitative estimate of drug-likeness (QED) is 0.375. The first-order chi connectivity index (χ1) is 15.9. The summed E-state index contributed by atoms with van der Waals surface area (Å²) in [7, 11) is 1.26. The number of hydrogen-bond donors (Lipinski definition) is 1. The molecule has 2 aromatic carbocycles. The third kappa shape index (κ3) is 4.95. The average Bonchev–Trinajstić information content (AvgIpc) is 3.13. The zero-order valence-corrected chi connectivity index (χ0v) is 17.2. The highest BCUT2D eigenvalue weighted by Gasteiger charge is 2.35. The molecule has 4 aromatic rings. The molecular weight excluding hydrogens is 466 g/mol. The minimum Gasteiger partial charge on any atom is -0.405 e. The van der Waals surface area contributed by atoms with E-state index in [1.165, 1.54) is 49.6 Å². The van der Waals surface area contributed by atoms with Crippen molar-refractivity contribution in [2.24, 2.45) is 7.05 Å². The van der Waals surface area contributed by atoms with Gasteiger partial charge in [-0.1, -0.05) is 24.3 Å². The Bertz CT molecular complexity index is 1380. The summed E-state index contributed by atoms with van der Waals surface area (Å²) in [5.74, 6) is -1.23. The Labute approximate surface area is 187 Å². The molecule has 0 spiro atoms. The molecule has 4 rings (SSSR count). The molecule has 0 saturated heterocycles. The molecule has 0 fully saturated rings. The van der Waals surface area contributed by atoms with Gasteiger partial charge in [-0.25, -0.2) is 0 Å². The van der Waals surface area contributed by atoms with Crippen molar-refractivity contribution >= 4 is 22.6 Å². The molecule has 0 radical (unpaired) electrons. The monoisotopic (exact) mass is 480 g/mol. The van der Waals surface area contributed by atoms with E-state index in [4.69, 9.17) is 0 Å². The normalized spacial score (nSPS) is 12.1. The summed E-state index contributed by atoms with van der Waals surface area (Å²) in [4.78, 5) is 16.8. The molecule has 0 aliphatic rings. The van der Waals surface area contributed by atoms with Crippen LogP contribution in [0.5, 0.6) is 5.75 Å². The zero-order valence-electron chi connectivity index (χ0n) is 17.2. The Balaban J connectivity index is 1.61. The van der Waals surface area contributed by atoms with Crippen molar-refractivity contribution in [1.29, 1.82) is 0 Å². The maximum atomic E-state index is 12.8. The van der Waals surface area contributed by atoms with Gasteiger partial charge in [0.15, 0.2) is 5.69 Å². The highest BCUT2D eigenvalue weighted by Crippen LogP contribution is 2.34. The third-order valence-corrected chi connectivity index (χ3v) is 4.78. The van der Waals surface area contributed by atoms with Crippen LogP contribution in [0.1, 0.15) is 16.1 Å². The summed E-state index contributed by atoms with van der Waals surface area (Å²) in [5, 5.41) is 6.21. The smallest absolute Gasteiger partial charge is 0.405 e. The van der Waals surface area contributed by atoms with Crippen LogP contribution in [0.4, 0.5) is 32.2 Å². The summed E-state index contributed by atoms with van der Waals surface area (Å²) in [6, 6.07) is 12.2. The van der Waals surface area contributed by atoms with Gasteiger partial charge in [0.1, 0.15) is 11.6 Å². The van der Waals surface area contributed by atoms with Crippen LogP contribution in [-0.2, 0) is 13.2 Å². The van der Waals surface area contributed by atoms with Gasteiger partial charge in [-0.05, 0) is 24.3 Å². The Kier molecular flexibility index (Phi) is 5.67. The number of hydrogen-bond acceptors (Lipinski definition) is 4. The Hall–Kier alpha value is -4.09. The number of benzene rings is 2. The molecule has 12 heteroatoms. The van der Waals surface area contributed by atoms with Gasteiger partial charge in [-0.3, -0.25) is 14.5 Å². The first kappa shape index (κ1) is 23.1. The van der Waals surface area contributed by atoms with Crippen LogP contribution in [0.25, 0.3) is 22.0 Å². The number of aromatic nitrogens is 3. The minimum atomic E-state index is -4.86. The van der Waals surface area contributed by atoms with Crippen molar-refractivity contribution in [2.75, 3.05) is 5.32 Å². The molecule has 0 atom stereocenters. The fraction of sp³-hybridized carbons (Fsp3) is 0.136. The number of amides is 1. The standard InChI is InChI=1S/C22H14F6N4O2/c1-32-19(10-18(31-32)21(23,24)25)30-20(33)13-7-6-12-8-14(11-29-16(12)9-13)15-4-2-3-5-17(15)34-22(26,27)28/h2-11H,1H3,(H,30,33). The van der Waals surface area contributed by atoms with Crippen molar-refractivity contribution in [1.82, 2.24) is 14.8 Å². The van der Waals surface area contributed by atoms with Gasteiger partial charge < -0.3 is 10.1 Å². The number of nitrogens with zero attached hydrogens (tertiary/aromatic N) is 3. The highest BCUT2D eigenvalue weighted by molar-refractivity contribution is 6.06. The number of carbonyl (C=O) groups is 1. The van der Waals surface area contributed by atoms with E-state index in [-0.39, 0.29) is 22.7 Å². The number of pyridine rings is 1. The Morgan fingerprint density at radius 2 is 1.74 bits per heavy atom. The minimum absolute atomic E-state index is 0.114. The zero-order chi connectivity index (χ0) is 24.7. The topological polar surface area (TPSA) is 69.0 Å². The number of halogens is 6. The fourth-order valence-electron chi connectivity index (χ4n) is 3.24. The van der Waals surface area contributed by atoms with Crippen molar-refractivity contribution in [3.05, 3.63) is 72.1 Å². The van der Waals surface area contributed by atoms with E-state index in [9.17, 15) is 31.1 Å². The number of alkyl halides is 6. The summed E-state index contributed by atoms with van der Waals surface area (Å²) in [5.41, 5.74) is -0.144. The number of nitrogens with one attached hydrogen (secondary N) is 1. The van der Waals surface area contributed by atoms with Crippen molar-refractivity contribution in [3.8, 4) is 16.9 Å². The van der Waals surface area contributed by atoms with Gasteiger partial charge in [0.05, 0.1) is 5.52 Å². The molecule has 0 bridgehead atoms. The third-order valence-electron chi connectivity index (χ3n) is 4.78. The van der Waals surface area contributed by atoms with Gasteiger partial charge in [-0.2, -0.15) is 18.3 Å². The lowest BCUT2D eigenvalue weighted by Gasteiger charge is -2.13. The summed E-state index contributed by atoms with van der Waals surface area (Å²) in [6.07, 6.45) is -8.19. The predicted molar refractivity (Wildman–Crippen MR) is 110 cm³/mol. The maximum absolute atomic E-state index is 12.8. The second-order valence-corrected chi connectivity index (χ2v) is 7.17. The lowest BCUT2D eigenvalue weighted by atomic mass is 10.0. The predicted octanol–water partition coefficient (Wildman–Crippen LogP) is 5.81. The van der Waals surface area contributed by atoms with E-state index in [0.717, 1.165) is 4.68 Å². The lowest BCUT2D eigenvalue weighted by Crippen LogP contribution is -2.17. The number of anilines is 1. The summed E-state index contributed by atoms with van der Waals surface area (Å²) in [6.45, 7) is 0. The number of fused-ring (bicyclic) bond motifs is 1. The SMILES string of the molecule is Cn1nc(C(F)(F)F)cc1NC(=O)c1ccc2cc(-c3ccccc3OC(F)(F)F)cnc2c1. The lowest BCUT2D eigenvalue weighted by molar-refractivity contribution is -0.274. The number of carbonyl (C=O) groups excluding carboxylic acids is 1. The van der Waals surface area contributed by atoms with Crippen LogP contribution in [0.3, 0.4) is 0 Å². The van der Waals surface area contributed by atoms with Crippen molar-refractivity contribution in [2.45, 2.75) is 12.5 Å². The molecule has 1 N–H and O–H groups in total. The van der Waals surface area contributed by atoms with Crippen LogP contribution < -0.4 is 10.1 Å². The van der Waals surface area contributed by atoms with Crippen LogP contribution >= 0.6 is 0 Å². The molecule has 176 valence electrons. The van der Waals surface area contributed by atoms with E-state index >= 15 is 0 Å². The first-order valence-electron chi connectivity index (χ1n) is 9.58. The van der Waals surface area contributed by atoms with E-state index in [0.29, 0.717) is 22.5 Å².